The summed E-state index contributed by atoms with van der Waals surface area (Å²) >= 11 is 0. The van der Waals surface area contributed by atoms with E-state index in [0.29, 0.717) is 11.3 Å². The fourth-order valence-corrected chi connectivity index (χ4v) is 2.84. The minimum atomic E-state index is -0.524. The molecule has 2 heterocycles. The Morgan fingerprint density at radius 3 is 2.86 bits per heavy atom. The molecule has 0 aliphatic carbocycles. The van der Waals surface area contributed by atoms with Crippen LogP contribution >= 0.6 is 0 Å². The van der Waals surface area contributed by atoms with Gasteiger partial charge in [0.15, 0.2) is 0 Å². The average Bonchev–Trinajstić information content (AvgIpc) is 3.08. The van der Waals surface area contributed by atoms with Crippen LogP contribution in [0, 0.1) is 11.3 Å². The molecule has 4 aromatic rings. The predicted molar refractivity (Wildman–Crippen MR) is 107 cm³/mol. The Labute approximate surface area is 159 Å². The van der Waals surface area contributed by atoms with Crippen LogP contribution in [0.25, 0.3) is 22.3 Å². The van der Waals surface area contributed by atoms with Gasteiger partial charge in [0, 0.05) is 12.6 Å². The Hall–Kier alpha value is -4.25. The largest absolute Gasteiger partial charge is 0.334 e. The number of anilines is 1. The summed E-state index contributed by atoms with van der Waals surface area (Å²) in [6.07, 6.45) is 3.36. The van der Waals surface area contributed by atoms with Crippen molar-refractivity contribution in [3.8, 4) is 17.3 Å². The van der Waals surface area contributed by atoms with Crippen molar-refractivity contribution in [2.45, 2.75) is 0 Å². The van der Waals surface area contributed by atoms with Crippen LogP contribution < -0.4 is 11.0 Å². The Balaban J connectivity index is 1.62. The number of nitrogens with zero attached hydrogens (tertiary/aromatic N) is 5. The maximum Gasteiger partial charge on any atom is 0.270 e. The molecule has 0 aliphatic rings. The molecule has 136 valence electrons. The van der Waals surface area contributed by atoms with Crippen molar-refractivity contribution in [3.05, 3.63) is 76.3 Å². The van der Waals surface area contributed by atoms with Gasteiger partial charge in [-0.15, -0.1) is 0 Å². The van der Waals surface area contributed by atoms with Crippen LogP contribution in [0.15, 0.2) is 64.8 Å². The van der Waals surface area contributed by atoms with Crippen molar-refractivity contribution in [2.75, 3.05) is 5.43 Å². The number of aromatic nitrogens is 4. The van der Waals surface area contributed by atoms with Gasteiger partial charge in [0.2, 0.25) is 5.95 Å². The summed E-state index contributed by atoms with van der Waals surface area (Å²) in [5.41, 5.74) is 5.87. The average molecular weight is 369 g/mol. The number of hydrazone groups is 1. The summed E-state index contributed by atoms with van der Waals surface area (Å²) in [7, 11) is 1.93. The highest BCUT2D eigenvalue weighted by molar-refractivity contribution is 5.87. The number of nitrogens with one attached hydrogen (secondary N) is 2. The van der Waals surface area contributed by atoms with E-state index in [1.807, 2.05) is 54.1 Å². The lowest BCUT2D eigenvalue weighted by molar-refractivity contribution is 0.947. The molecule has 0 saturated heterocycles. The van der Waals surface area contributed by atoms with Crippen molar-refractivity contribution in [1.82, 2.24) is 19.5 Å². The van der Waals surface area contributed by atoms with Crippen LogP contribution in [0.2, 0.25) is 0 Å². The molecule has 8 nitrogen and oxygen atoms in total. The number of hydrogen-bond donors (Lipinski definition) is 2. The number of benzene rings is 2. The van der Waals surface area contributed by atoms with Crippen molar-refractivity contribution >= 4 is 23.2 Å². The van der Waals surface area contributed by atoms with Gasteiger partial charge in [0.1, 0.15) is 11.6 Å². The molecule has 0 spiro atoms. The van der Waals surface area contributed by atoms with E-state index in [4.69, 9.17) is 0 Å². The van der Waals surface area contributed by atoms with Gasteiger partial charge in [-0.1, -0.05) is 36.4 Å². The van der Waals surface area contributed by atoms with E-state index < -0.39 is 5.56 Å². The Kier molecular flexibility index (Phi) is 4.40. The molecule has 28 heavy (non-hydrogen) atoms. The van der Waals surface area contributed by atoms with Crippen molar-refractivity contribution in [1.29, 1.82) is 5.26 Å². The van der Waals surface area contributed by atoms with Gasteiger partial charge in [-0.3, -0.25) is 9.78 Å². The molecule has 4 rings (SSSR count). The second kappa shape index (κ2) is 7.17. The Morgan fingerprint density at radius 1 is 1.25 bits per heavy atom. The van der Waals surface area contributed by atoms with Gasteiger partial charge in [0.05, 0.1) is 29.3 Å². The zero-order valence-electron chi connectivity index (χ0n) is 14.9. The fraction of sp³-hybridized carbons (Fsp3) is 0.0500. The fourth-order valence-electron chi connectivity index (χ4n) is 2.84. The molecular weight excluding hydrogens is 354 g/mol. The molecule has 0 bridgehead atoms. The minimum absolute atomic E-state index is 0.0404. The highest BCUT2D eigenvalue weighted by Gasteiger charge is 2.12. The van der Waals surface area contributed by atoms with Crippen molar-refractivity contribution in [3.63, 3.8) is 0 Å². The van der Waals surface area contributed by atoms with Gasteiger partial charge >= 0.3 is 0 Å². The quantitative estimate of drug-likeness (QED) is 0.424. The molecule has 0 aliphatic heterocycles. The van der Waals surface area contributed by atoms with Gasteiger partial charge in [-0.05, 0) is 17.7 Å². The normalized spacial score (nSPS) is 11.0. The smallest absolute Gasteiger partial charge is 0.270 e. The van der Waals surface area contributed by atoms with Crippen LogP contribution in [0.5, 0.6) is 0 Å². The molecule has 0 fully saturated rings. The summed E-state index contributed by atoms with van der Waals surface area (Å²) in [5, 5.41) is 13.4. The number of fused-ring (bicyclic) bond motifs is 1. The van der Waals surface area contributed by atoms with Gasteiger partial charge in [-0.2, -0.15) is 10.4 Å². The highest BCUT2D eigenvalue weighted by Crippen LogP contribution is 2.19. The maximum absolute atomic E-state index is 12.2. The maximum atomic E-state index is 12.2. The van der Waals surface area contributed by atoms with E-state index in [9.17, 15) is 10.1 Å². The number of imidazole rings is 1. The van der Waals surface area contributed by atoms with Crippen molar-refractivity contribution < 1.29 is 0 Å². The zero-order chi connectivity index (χ0) is 19.5. The molecule has 2 aromatic carbocycles. The van der Waals surface area contributed by atoms with Gasteiger partial charge < -0.3 is 4.57 Å². The third-order valence-electron chi connectivity index (χ3n) is 4.21. The first kappa shape index (κ1) is 17.2. The van der Waals surface area contributed by atoms with Gasteiger partial charge in [-0.25, -0.2) is 15.4 Å². The first-order valence-electron chi connectivity index (χ1n) is 8.45. The molecule has 0 atom stereocenters. The molecule has 8 heteroatoms. The number of hydrogen-bond acceptors (Lipinski definition) is 6. The van der Waals surface area contributed by atoms with Crippen LogP contribution in [-0.2, 0) is 7.05 Å². The first-order valence-corrected chi connectivity index (χ1v) is 8.45. The number of aryl methyl sites for hydroxylation is 1. The summed E-state index contributed by atoms with van der Waals surface area (Å²) < 4.78 is 1.94. The van der Waals surface area contributed by atoms with Crippen LogP contribution in [-0.4, -0.2) is 25.7 Å². The van der Waals surface area contributed by atoms with E-state index in [1.54, 1.807) is 24.7 Å². The first-order chi connectivity index (χ1) is 13.7. The standard InChI is InChI=1S/C20H15N7O/c1-27-12-22-16-9-13(7-8-17(16)27)11-23-26-20-24-18(14-5-3-2-4-6-14)15(10-21)19(28)25-20/h2-9,11-12H,1H3,(H2,24,25,26,28). The zero-order valence-corrected chi connectivity index (χ0v) is 14.9. The Morgan fingerprint density at radius 2 is 2.07 bits per heavy atom. The summed E-state index contributed by atoms with van der Waals surface area (Å²) in [6, 6.07) is 16.8. The summed E-state index contributed by atoms with van der Waals surface area (Å²) in [6.45, 7) is 0. The second-order valence-electron chi connectivity index (χ2n) is 6.09. The molecule has 0 amide bonds. The van der Waals surface area contributed by atoms with E-state index in [-0.39, 0.29) is 11.5 Å². The SMILES string of the molecule is Cn1cnc2cc(C=NNc3nc(-c4ccccc4)c(C#N)c(=O)[nH]3)ccc21. The number of rotatable bonds is 4. The Bertz CT molecular complexity index is 1280. The van der Waals surface area contributed by atoms with Crippen LogP contribution in [0.1, 0.15) is 11.1 Å². The molecular formula is C20H15N7O. The molecule has 0 unspecified atom stereocenters. The van der Waals surface area contributed by atoms with Crippen LogP contribution in [0.4, 0.5) is 5.95 Å². The summed E-state index contributed by atoms with van der Waals surface area (Å²) in [5.74, 6) is 0.151. The molecule has 2 aromatic heterocycles. The predicted octanol–water partition coefficient (Wildman–Crippen LogP) is 2.64. The van der Waals surface area contributed by atoms with Gasteiger partial charge in [0.25, 0.3) is 5.56 Å². The van der Waals surface area contributed by atoms with E-state index in [2.05, 4.69) is 25.5 Å². The molecule has 0 saturated carbocycles. The monoisotopic (exact) mass is 369 g/mol. The summed E-state index contributed by atoms with van der Waals surface area (Å²) in [4.78, 5) is 23.4. The number of aromatic amines is 1. The van der Waals surface area contributed by atoms with E-state index in [1.165, 1.54) is 0 Å². The molecule has 0 radical (unpaired) electrons. The van der Waals surface area contributed by atoms with E-state index >= 15 is 0 Å². The van der Waals surface area contributed by atoms with Crippen molar-refractivity contribution in [2.24, 2.45) is 12.1 Å². The lowest BCUT2D eigenvalue weighted by Gasteiger charge is -2.05. The third-order valence-corrected chi connectivity index (χ3v) is 4.21. The van der Waals surface area contributed by atoms with E-state index in [0.717, 1.165) is 16.6 Å². The third kappa shape index (κ3) is 3.24. The highest BCUT2D eigenvalue weighted by atomic mass is 16.1. The minimum Gasteiger partial charge on any atom is -0.334 e. The number of H-pyrrole nitrogens is 1. The molecule has 2 N–H and O–H groups in total. The van der Waals surface area contributed by atoms with Crippen LogP contribution in [0.3, 0.4) is 0 Å². The topological polar surface area (TPSA) is 112 Å². The lowest BCUT2D eigenvalue weighted by Crippen LogP contribution is -2.16. The second-order valence-corrected chi connectivity index (χ2v) is 6.09. The number of nitriles is 1. The lowest BCUT2D eigenvalue weighted by atomic mass is 10.1.